The lowest BCUT2D eigenvalue weighted by Gasteiger charge is -2.14. The topological polar surface area (TPSA) is 74.2 Å². The molecule has 1 unspecified atom stereocenters. The molecule has 0 aliphatic rings. The number of carbonyl (C=O) groups excluding carboxylic acids is 1. The highest BCUT2D eigenvalue weighted by Crippen LogP contribution is 2.15. The minimum atomic E-state index is -0.400. The molecule has 2 N–H and O–H groups in total. The molecule has 1 amide bonds. The van der Waals surface area contributed by atoms with Crippen LogP contribution in [0.5, 0.6) is 5.75 Å². The molecule has 2 rings (SSSR count). The molecular formula is C22H25N3O2. The fourth-order valence-electron chi connectivity index (χ4n) is 2.60. The Labute approximate surface area is 160 Å². The van der Waals surface area contributed by atoms with Gasteiger partial charge in [-0.3, -0.25) is 4.79 Å². The summed E-state index contributed by atoms with van der Waals surface area (Å²) in [5.74, 6) is 0.363. The van der Waals surface area contributed by atoms with Crippen LogP contribution in [0.25, 0.3) is 0 Å². The van der Waals surface area contributed by atoms with Crippen LogP contribution in [-0.4, -0.2) is 13.0 Å². The Hall–Kier alpha value is -3.26. The summed E-state index contributed by atoms with van der Waals surface area (Å²) in [6, 6.07) is 17.5. The summed E-state index contributed by atoms with van der Waals surface area (Å²) in [7, 11) is 1.61. The maximum Gasteiger partial charge on any atom is 0.263 e. The fraction of sp³-hybridized carbons (Fsp3) is 0.273. The molecule has 0 bridgehead atoms. The summed E-state index contributed by atoms with van der Waals surface area (Å²) in [4.78, 5) is 12.4. The number of ether oxygens (including phenoxy) is 1. The molecule has 0 radical (unpaired) electrons. The summed E-state index contributed by atoms with van der Waals surface area (Å²) in [5.41, 5.74) is 3.28. The number of nitrogens with zero attached hydrogens (tertiary/aromatic N) is 1. The first-order chi connectivity index (χ1) is 13.1. The van der Waals surface area contributed by atoms with Crippen molar-refractivity contribution in [2.45, 2.75) is 32.9 Å². The second-order valence-electron chi connectivity index (χ2n) is 6.19. The lowest BCUT2D eigenvalue weighted by molar-refractivity contribution is -0.117. The molecular weight excluding hydrogens is 338 g/mol. The summed E-state index contributed by atoms with van der Waals surface area (Å²) in [6.45, 7) is 4.49. The van der Waals surface area contributed by atoms with Crippen molar-refractivity contribution in [3.05, 3.63) is 77.0 Å². The molecule has 1 atom stereocenters. The molecule has 0 aromatic heterocycles. The molecule has 2 aromatic rings. The highest BCUT2D eigenvalue weighted by molar-refractivity contribution is 5.97. The number of amides is 1. The fourth-order valence-corrected chi connectivity index (χ4v) is 2.60. The molecule has 0 spiro atoms. The SMILES string of the molecule is CCc1ccc(C(C)NC(=O)/C(C#N)=C\NCc2cccc(OC)c2)cc1. The van der Waals surface area contributed by atoms with Gasteiger partial charge in [-0.1, -0.05) is 43.3 Å². The molecule has 27 heavy (non-hydrogen) atoms. The number of rotatable bonds is 8. The Morgan fingerprint density at radius 3 is 2.59 bits per heavy atom. The van der Waals surface area contributed by atoms with E-state index in [0.717, 1.165) is 23.3 Å². The van der Waals surface area contributed by atoms with Crippen LogP contribution in [0.15, 0.2) is 60.3 Å². The summed E-state index contributed by atoms with van der Waals surface area (Å²) < 4.78 is 5.18. The van der Waals surface area contributed by atoms with Gasteiger partial charge >= 0.3 is 0 Å². The van der Waals surface area contributed by atoms with E-state index in [1.165, 1.54) is 11.8 Å². The molecule has 0 aliphatic carbocycles. The molecule has 0 saturated heterocycles. The van der Waals surface area contributed by atoms with Crippen LogP contribution in [0.1, 0.15) is 36.6 Å². The van der Waals surface area contributed by atoms with E-state index in [0.29, 0.717) is 6.54 Å². The van der Waals surface area contributed by atoms with Gasteiger partial charge in [0.25, 0.3) is 5.91 Å². The minimum Gasteiger partial charge on any atom is -0.497 e. The van der Waals surface area contributed by atoms with Crippen molar-refractivity contribution in [1.29, 1.82) is 5.26 Å². The first-order valence-corrected chi connectivity index (χ1v) is 8.93. The van der Waals surface area contributed by atoms with Gasteiger partial charge in [0.15, 0.2) is 0 Å². The van der Waals surface area contributed by atoms with Gasteiger partial charge in [-0.25, -0.2) is 0 Å². The lowest BCUT2D eigenvalue weighted by Crippen LogP contribution is -2.28. The van der Waals surface area contributed by atoms with Crippen molar-refractivity contribution in [2.75, 3.05) is 7.11 Å². The maximum atomic E-state index is 12.4. The van der Waals surface area contributed by atoms with E-state index >= 15 is 0 Å². The van der Waals surface area contributed by atoms with E-state index in [1.54, 1.807) is 7.11 Å². The quantitative estimate of drug-likeness (QED) is 0.555. The Kier molecular flexibility index (Phi) is 7.45. The van der Waals surface area contributed by atoms with Gasteiger partial charge in [0.1, 0.15) is 17.4 Å². The van der Waals surface area contributed by atoms with Gasteiger partial charge < -0.3 is 15.4 Å². The van der Waals surface area contributed by atoms with Crippen molar-refractivity contribution >= 4 is 5.91 Å². The van der Waals surface area contributed by atoms with Crippen LogP contribution in [0.2, 0.25) is 0 Å². The minimum absolute atomic E-state index is 0.0370. The molecule has 0 saturated carbocycles. The Balaban J connectivity index is 1.95. The van der Waals surface area contributed by atoms with Crippen LogP contribution in [-0.2, 0) is 17.8 Å². The number of benzene rings is 2. The van der Waals surface area contributed by atoms with Crippen LogP contribution in [0, 0.1) is 11.3 Å². The van der Waals surface area contributed by atoms with E-state index in [-0.39, 0.29) is 11.6 Å². The number of nitriles is 1. The smallest absolute Gasteiger partial charge is 0.263 e. The second-order valence-corrected chi connectivity index (χ2v) is 6.19. The van der Waals surface area contributed by atoms with Gasteiger partial charge in [0, 0.05) is 12.7 Å². The first kappa shape index (κ1) is 20.1. The van der Waals surface area contributed by atoms with Crippen LogP contribution >= 0.6 is 0 Å². The second kappa shape index (κ2) is 10.0. The number of carbonyl (C=O) groups is 1. The molecule has 0 aliphatic heterocycles. The van der Waals surface area contributed by atoms with E-state index in [4.69, 9.17) is 4.74 Å². The lowest BCUT2D eigenvalue weighted by atomic mass is 10.0. The number of methoxy groups -OCH3 is 1. The maximum absolute atomic E-state index is 12.4. The average Bonchev–Trinajstić information content (AvgIpc) is 2.71. The van der Waals surface area contributed by atoms with Gasteiger partial charge in [0.2, 0.25) is 0 Å². The zero-order chi connectivity index (χ0) is 19.6. The summed E-state index contributed by atoms with van der Waals surface area (Å²) >= 11 is 0. The average molecular weight is 363 g/mol. The van der Waals surface area contributed by atoms with Crippen molar-refractivity contribution < 1.29 is 9.53 Å². The molecule has 2 aromatic carbocycles. The van der Waals surface area contributed by atoms with E-state index in [1.807, 2.05) is 49.4 Å². The predicted molar refractivity (Wildman–Crippen MR) is 106 cm³/mol. The third-order valence-corrected chi connectivity index (χ3v) is 4.29. The van der Waals surface area contributed by atoms with Crippen LogP contribution in [0.4, 0.5) is 0 Å². The van der Waals surface area contributed by atoms with E-state index in [2.05, 4.69) is 29.7 Å². The van der Waals surface area contributed by atoms with E-state index in [9.17, 15) is 10.1 Å². The normalized spacial score (nSPS) is 12.0. The third kappa shape index (κ3) is 5.89. The number of aryl methyl sites for hydroxylation is 1. The van der Waals surface area contributed by atoms with Gasteiger partial charge in [-0.05, 0) is 42.2 Å². The predicted octanol–water partition coefficient (Wildman–Crippen LogP) is 3.63. The number of nitrogens with one attached hydrogen (secondary N) is 2. The number of hydrogen-bond acceptors (Lipinski definition) is 4. The molecule has 0 fully saturated rings. The molecule has 5 heteroatoms. The molecule has 0 heterocycles. The zero-order valence-electron chi connectivity index (χ0n) is 16.0. The monoisotopic (exact) mass is 363 g/mol. The standard InChI is InChI=1S/C22H25N3O2/c1-4-17-8-10-19(11-9-17)16(2)25-22(26)20(13-23)15-24-14-18-6-5-7-21(12-18)27-3/h5-12,15-16,24H,4,14H2,1-3H3,(H,25,26)/b20-15-. The zero-order valence-corrected chi connectivity index (χ0v) is 16.0. The van der Waals surface area contributed by atoms with Gasteiger partial charge in [-0.15, -0.1) is 0 Å². The summed E-state index contributed by atoms with van der Waals surface area (Å²) in [6.07, 6.45) is 2.42. The van der Waals surface area contributed by atoms with Gasteiger partial charge in [0.05, 0.1) is 13.2 Å². The van der Waals surface area contributed by atoms with Crippen molar-refractivity contribution in [3.8, 4) is 11.8 Å². The Morgan fingerprint density at radius 2 is 1.96 bits per heavy atom. The molecule has 5 nitrogen and oxygen atoms in total. The van der Waals surface area contributed by atoms with Crippen molar-refractivity contribution in [2.24, 2.45) is 0 Å². The van der Waals surface area contributed by atoms with Crippen molar-refractivity contribution in [1.82, 2.24) is 10.6 Å². The number of hydrogen-bond donors (Lipinski definition) is 2. The first-order valence-electron chi connectivity index (χ1n) is 8.93. The third-order valence-electron chi connectivity index (χ3n) is 4.29. The molecule has 140 valence electrons. The highest BCUT2D eigenvalue weighted by Gasteiger charge is 2.13. The Bertz CT molecular complexity index is 835. The highest BCUT2D eigenvalue weighted by atomic mass is 16.5. The van der Waals surface area contributed by atoms with Gasteiger partial charge in [-0.2, -0.15) is 5.26 Å². The largest absolute Gasteiger partial charge is 0.497 e. The van der Waals surface area contributed by atoms with E-state index < -0.39 is 5.91 Å². The summed E-state index contributed by atoms with van der Waals surface area (Å²) in [5, 5.41) is 15.2. The Morgan fingerprint density at radius 1 is 1.22 bits per heavy atom. The van der Waals surface area contributed by atoms with Crippen LogP contribution in [0.3, 0.4) is 0 Å². The van der Waals surface area contributed by atoms with Crippen molar-refractivity contribution in [3.63, 3.8) is 0 Å². The van der Waals surface area contributed by atoms with Crippen LogP contribution < -0.4 is 15.4 Å².